The van der Waals surface area contributed by atoms with Crippen molar-refractivity contribution in [3.05, 3.63) is 69.2 Å². The zero-order valence-corrected chi connectivity index (χ0v) is 15.0. The van der Waals surface area contributed by atoms with Crippen LogP contribution in [0.3, 0.4) is 0 Å². The number of hydroxylamine groups is 1. The zero-order chi connectivity index (χ0) is 16.6. The maximum atomic E-state index is 12.7. The number of hydrogen-bond donors (Lipinski definition) is 0. The fourth-order valence-corrected chi connectivity index (χ4v) is 4.37. The number of aromatic nitrogens is 1. The number of nitrogens with zero attached hydrogens (tertiary/aromatic N) is 2. The minimum atomic E-state index is -0.108. The first-order chi connectivity index (χ1) is 11.0. The molecule has 1 aromatic heterocycles. The van der Waals surface area contributed by atoms with Crippen LogP contribution in [0.1, 0.15) is 25.0 Å². The fourth-order valence-electron chi connectivity index (χ4n) is 2.34. The SMILES string of the molecule is Cc1ccc2[se]n(-c3cccc(/C=[N+](/[O-])C(C)C)c3)c(=O)c2c1. The van der Waals surface area contributed by atoms with Crippen LogP contribution < -0.4 is 5.56 Å². The van der Waals surface area contributed by atoms with Gasteiger partial charge in [0.05, 0.1) is 0 Å². The summed E-state index contributed by atoms with van der Waals surface area (Å²) in [6.07, 6.45) is 1.57. The van der Waals surface area contributed by atoms with Crippen molar-refractivity contribution in [2.45, 2.75) is 26.8 Å². The molecule has 0 aliphatic heterocycles. The van der Waals surface area contributed by atoms with Gasteiger partial charge in [0.1, 0.15) is 0 Å². The van der Waals surface area contributed by atoms with Gasteiger partial charge in [0.15, 0.2) is 0 Å². The number of aryl methyl sites for hydroxylation is 1. The monoisotopic (exact) mass is 374 g/mol. The van der Waals surface area contributed by atoms with Crippen molar-refractivity contribution in [3.8, 4) is 5.69 Å². The maximum absolute atomic E-state index is 12.7. The number of hydrogen-bond acceptors (Lipinski definition) is 2. The van der Waals surface area contributed by atoms with E-state index in [1.165, 1.54) is 0 Å². The molecule has 0 aliphatic carbocycles. The molecule has 0 saturated heterocycles. The second kappa shape index (κ2) is 6.19. The van der Waals surface area contributed by atoms with Crippen LogP contribution in [-0.2, 0) is 0 Å². The third-order valence-corrected chi connectivity index (χ3v) is 5.96. The van der Waals surface area contributed by atoms with Gasteiger partial charge in [-0.25, -0.2) is 0 Å². The Hall–Kier alpha value is -2.10. The Kier molecular flexibility index (Phi) is 4.24. The molecule has 2 aromatic carbocycles. The predicted octanol–water partition coefficient (Wildman–Crippen LogP) is 2.69. The predicted molar refractivity (Wildman–Crippen MR) is 95.2 cm³/mol. The molecule has 0 N–H and O–H groups in total. The summed E-state index contributed by atoms with van der Waals surface area (Å²) in [6.45, 7) is 5.69. The Morgan fingerprint density at radius 2 is 2.00 bits per heavy atom. The number of fused-ring (bicyclic) bond motifs is 1. The molecule has 0 fully saturated rings. The first-order valence-electron chi connectivity index (χ1n) is 7.49. The summed E-state index contributed by atoms with van der Waals surface area (Å²) in [5, 5.41) is 12.6. The van der Waals surface area contributed by atoms with E-state index in [0.717, 1.165) is 31.2 Å². The molecule has 0 bridgehead atoms. The van der Waals surface area contributed by atoms with Crippen LogP contribution in [0.2, 0.25) is 0 Å². The molecule has 3 aromatic rings. The third-order valence-electron chi connectivity index (χ3n) is 3.63. The molecule has 0 amide bonds. The molecule has 5 heteroatoms. The van der Waals surface area contributed by atoms with Crippen LogP contribution in [0.15, 0.2) is 47.3 Å². The van der Waals surface area contributed by atoms with Gasteiger partial charge >= 0.3 is 141 Å². The van der Waals surface area contributed by atoms with Crippen molar-refractivity contribution < 1.29 is 4.74 Å². The van der Waals surface area contributed by atoms with E-state index in [-0.39, 0.29) is 26.3 Å². The molecule has 0 atom stereocenters. The molecule has 3 rings (SSSR count). The van der Waals surface area contributed by atoms with Gasteiger partial charge in [0.25, 0.3) is 0 Å². The van der Waals surface area contributed by atoms with Gasteiger partial charge in [0.2, 0.25) is 0 Å². The molecule has 1 heterocycles. The van der Waals surface area contributed by atoms with E-state index in [2.05, 4.69) is 0 Å². The average molecular weight is 373 g/mol. The van der Waals surface area contributed by atoms with Gasteiger partial charge in [0, 0.05) is 0 Å². The van der Waals surface area contributed by atoms with Gasteiger partial charge < -0.3 is 0 Å². The number of rotatable bonds is 3. The van der Waals surface area contributed by atoms with E-state index >= 15 is 0 Å². The standard InChI is InChI=1S/C18H18N2O2Se/c1-12(2)19(22)11-14-5-4-6-15(10-14)20-18(21)16-9-13(3)7-8-17(16)23-20/h4-12H,1-3H3/b19-11+. The van der Waals surface area contributed by atoms with E-state index in [0.29, 0.717) is 0 Å². The molecule has 4 nitrogen and oxygen atoms in total. The Bertz CT molecular complexity index is 951. The van der Waals surface area contributed by atoms with E-state index in [1.807, 2.05) is 66.8 Å². The first kappa shape index (κ1) is 15.8. The normalized spacial score (nSPS) is 12.3. The summed E-state index contributed by atoms with van der Waals surface area (Å²) < 4.78 is 3.85. The van der Waals surface area contributed by atoms with Crippen molar-refractivity contribution in [3.63, 3.8) is 0 Å². The van der Waals surface area contributed by atoms with E-state index in [4.69, 9.17) is 0 Å². The second-order valence-corrected chi connectivity index (χ2v) is 7.94. The van der Waals surface area contributed by atoms with Crippen molar-refractivity contribution >= 4 is 30.6 Å². The average Bonchev–Trinajstić information content (AvgIpc) is 2.84. The summed E-state index contributed by atoms with van der Waals surface area (Å²) in [5.74, 6) is 0. The number of benzene rings is 2. The Labute approximate surface area is 140 Å². The third kappa shape index (κ3) is 3.16. The summed E-state index contributed by atoms with van der Waals surface area (Å²) >= 11 is -0.0616. The summed E-state index contributed by atoms with van der Waals surface area (Å²) in [5.41, 5.74) is 2.79. The summed E-state index contributed by atoms with van der Waals surface area (Å²) in [4.78, 5) is 12.7. The molecular weight excluding hydrogens is 355 g/mol. The summed E-state index contributed by atoms with van der Waals surface area (Å²) in [6, 6.07) is 13.5. The van der Waals surface area contributed by atoms with Crippen molar-refractivity contribution in [2.24, 2.45) is 0 Å². The van der Waals surface area contributed by atoms with Gasteiger partial charge in [-0.1, -0.05) is 0 Å². The van der Waals surface area contributed by atoms with E-state index < -0.39 is 0 Å². The summed E-state index contributed by atoms with van der Waals surface area (Å²) in [7, 11) is 0. The first-order valence-corrected chi connectivity index (χ1v) is 9.11. The molecule has 0 radical (unpaired) electrons. The topological polar surface area (TPSA) is 48.1 Å². The molecule has 23 heavy (non-hydrogen) atoms. The van der Waals surface area contributed by atoms with Gasteiger partial charge in [-0.05, 0) is 0 Å². The fraction of sp³-hybridized carbons (Fsp3) is 0.222. The Morgan fingerprint density at radius 1 is 1.22 bits per heavy atom. The van der Waals surface area contributed by atoms with Crippen molar-refractivity contribution in [2.75, 3.05) is 0 Å². The van der Waals surface area contributed by atoms with Gasteiger partial charge in [-0.2, -0.15) is 0 Å². The van der Waals surface area contributed by atoms with E-state index in [9.17, 15) is 10.0 Å². The van der Waals surface area contributed by atoms with Crippen LogP contribution in [0.25, 0.3) is 15.3 Å². The molecule has 118 valence electrons. The molecule has 0 saturated carbocycles. The van der Waals surface area contributed by atoms with Gasteiger partial charge in [-0.3, -0.25) is 0 Å². The molecule has 0 spiro atoms. The zero-order valence-electron chi connectivity index (χ0n) is 13.3. The Morgan fingerprint density at radius 3 is 2.74 bits per heavy atom. The van der Waals surface area contributed by atoms with Crippen LogP contribution >= 0.6 is 0 Å². The van der Waals surface area contributed by atoms with Crippen LogP contribution in [-0.4, -0.2) is 35.3 Å². The van der Waals surface area contributed by atoms with Crippen molar-refractivity contribution in [1.82, 2.24) is 3.56 Å². The second-order valence-electron chi connectivity index (χ2n) is 5.87. The van der Waals surface area contributed by atoms with E-state index in [1.54, 1.807) is 6.21 Å². The van der Waals surface area contributed by atoms with Crippen molar-refractivity contribution in [1.29, 1.82) is 0 Å². The Balaban J connectivity index is 2.11. The van der Waals surface area contributed by atoms with Crippen LogP contribution in [0, 0.1) is 12.1 Å². The molecule has 0 aliphatic rings. The molecular formula is C18H18N2O2Se. The van der Waals surface area contributed by atoms with Gasteiger partial charge in [-0.15, -0.1) is 0 Å². The van der Waals surface area contributed by atoms with Crippen LogP contribution in [0.5, 0.6) is 0 Å². The van der Waals surface area contributed by atoms with Crippen LogP contribution in [0.4, 0.5) is 0 Å². The quantitative estimate of drug-likeness (QED) is 0.233. The molecule has 0 unspecified atom stereocenters. The minimum absolute atomic E-state index is 0.0451.